The maximum absolute atomic E-state index is 5.12. The van der Waals surface area contributed by atoms with Crippen LogP contribution >= 0.6 is 0 Å². The van der Waals surface area contributed by atoms with E-state index in [4.69, 9.17) is 9.84 Å². The van der Waals surface area contributed by atoms with Gasteiger partial charge in [0.2, 0.25) is 0 Å². The van der Waals surface area contributed by atoms with E-state index in [9.17, 15) is 0 Å². The van der Waals surface area contributed by atoms with Gasteiger partial charge in [0.25, 0.3) is 0 Å². The molecule has 1 atom stereocenters. The van der Waals surface area contributed by atoms with E-state index in [1.165, 1.54) is 0 Å². The highest BCUT2D eigenvalue weighted by atomic mass is 16.5. The van der Waals surface area contributed by atoms with Gasteiger partial charge in [0.1, 0.15) is 18.2 Å². The molecule has 138 valence electrons. The molecule has 4 rings (SSSR count). The molecule has 1 N–H and O–H groups in total. The van der Waals surface area contributed by atoms with Gasteiger partial charge in [-0.15, -0.1) is 15.3 Å². The van der Waals surface area contributed by atoms with Crippen molar-refractivity contribution in [3.05, 3.63) is 29.6 Å². The van der Waals surface area contributed by atoms with Crippen LogP contribution in [0, 0.1) is 0 Å². The third kappa shape index (κ3) is 3.14. The number of rotatable bonds is 4. The van der Waals surface area contributed by atoms with Crippen molar-refractivity contribution in [1.29, 1.82) is 0 Å². The zero-order valence-electron chi connectivity index (χ0n) is 15.6. The third-order valence-electron chi connectivity index (χ3n) is 4.46. The average molecular weight is 356 g/mol. The lowest BCUT2D eigenvalue weighted by Crippen LogP contribution is -2.32. The third-order valence-corrected chi connectivity index (χ3v) is 4.46. The minimum atomic E-state index is -0.122. The highest BCUT2D eigenvalue weighted by molar-refractivity contribution is 5.45. The Morgan fingerprint density at radius 2 is 2.08 bits per heavy atom. The molecule has 1 aliphatic heterocycles. The van der Waals surface area contributed by atoms with Crippen LogP contribution < -0.4 is 5.32 Å². The number of ether oxygens (including phenoxy) is 1. The molecule has 3 aromatic heterocycles. The van der Waals surface area contributed by atoms with Gasteiger partial charge < -0.3 is 10.1 Å². The minimum Gasteiger partial charge on any atom is -0.377 e. The summed E-state index contributed by atoms with van der Waals surface area (Å²) in [6, 6.07) is 4.14. The van der Waals surface area contributed by atoms with E-state index in [2.05, 4.69) is 46.4 Å². The van der Waals surface area contributed by atoms with E-state index in [1.807, 2.05) is 21.3 Å². The number of hydrogen-bond donors (Lipinski definition) is 1. The van der Waals surface area contributed by atoms with E-state index >= 15 is 0 Å². The van der Waals surface area contributed by atoms with Crippen LogP contribution in [0.5, 0.6) is 0 Å². The number of aromatic nitrogens is 7. The van der Waals surface area contributed by atoms with Gasteiger partial charge in [-0.3, -0.25) is 0 Å². The first-order valence-corrected chi connectivity index (χ1v) is 8.85. The Bertz CT molecular complexity index is 923. The zero-order valence-corrected chi connectivity index (χ0v) is 15.6. The number of hydrogen-bond acceptors (Lipinski definition) is 7. The van der Waals surface area contributed by atoms with Crippen molar-refractivity contribution in [2.75, 3.05) is 12.4 Å². The largest absolute Gasteiger partial charge is 0.377 e. The average Bonchev–Trinajstić information content (AvgIpc) is 3.17. The molecule has 4 heterocycles. The molecule has 1 aliphatic rings. The van der Waals surface area contributed by atoms with Crippen LogP contribution in [0.4, 0.5) is 5.82 Å². The Balaban J connectivity index is 1.54. The highest BCUT2D eigenvalue weighted by Crippen LogP contribution is 2.22. The SMILES string of the molecule is COCc1nc2n(n1)CC(Nc1ccc3nnc(C(C)(C)C)n3n1)CC2. The summed E-state index contributed by atoms with van der Waals surface area (Å²) < 4.78 is 8.91. The molecule has 3 aromatic rings. The topological polar surface area (TPSA) is 95.0 Å². The second-order valence-corrected chi connectivity index (χ2v) is 7.70. The number of nitrogens with zero attached hydrogens (tertiary/aromatic N) is 7. The van der Waals surface area contributed by atoms with E-state index in [1.54, 1.807) is 7.11 Å². The summed E-state index contributed by atoms with van der Waals surface area (Å²) in [5.74, 6) is 3.42. The van der Waals surface area contributed by atoms with Crippen molar-refractivity contribution in [3.8, 4) is 0 Å². The van der Waals surface area contributed by atoms with Crippen molar-refractivity contribution < 1.29 is 4.74 Å². The number of aryl methyl sites for hydroxylation is 1. The Hall–Kier alpha value is -2.55. The number of anilines is 1. The second kappa shape index (κ2) is 6.31. The van der Waals surface area contributed by atoms with Crippen molar-refractivity contribution in [2.24, 2.45) is 0 Å². The molecule has 0 amide bonds. The fourth-order valence-electron chi connectivity index (χ4n) is 3.21. The van der Waals surface area contributed by atoms with E-state index < -0.39 is 0 Å². The summed E-state index contributed by atoms with van der Waals surface area (Å²) in [4.78, 5) is 4.52. The Labute approximate surface area is 151 Å². The van der Waals surface area contributed by atoms with Crippen molar-refractivity contribution in [3.63, 3.8) is 0 Å². The molecule has 0 saturated heterocycles. The molecule has 0 aromatic carbocycles. The van der Waals surface area contributed by atoms with E-state index in [-0.39, 0.29) is 11.5 Å². The first-order chi connectivity index (χ1) is 12.4. The summed E-state index contributed by atoms with van der Waals surface area (Å²) in [5, 5.41) is 21.2. The molecule has 0 radical (unpaired) electrons. The summed E-state index contributed by atoms with van der Waals surface area (Å²) in [5.41, 5.74) is 0.635. The van der Waals surface area contributed by atoms with Crippen LogP contribution in [0.2, 0.25) is 0 Å². The molecule has 0 saturated carbocycles. The maximum atomic E-state index is 5.12. The normalized spacial score (nSPS) is 17.5. The van der Waals surface area contributed by atoms with Gasteiger partial charge in [-0.05, 0) is 18.6 Å². The standard InChI is InChI=1S/C17H24N8O/c1-17(2,3)16-21-20-15-8-6-12(23-25(15)16)18-11-5-7-14-19-13(10-26-4)22-24(14)9-11/h6,8,11H,5,7,9-10H2,1-4H3,(H,18,23). The van der Waals surface area contributed by atoms with Crippen LogP contribution in [-0.2, 0) is 29.7 Å². The van der Waals surface area contributed by atoms with Gasteiger partial charge in [-0.25, -0.2) is 9.67 Å². The van der Waals surface area contributed by atoms with Crippen LogP contribution in [0.1, 0.15) is 44.7 Å². The Kier molecular flexibility index (Phi) is 4.10. The minimum absolute atomic E-state index is 0.122. The Morgan fingerprint density at radius 1 is 1.23 bits per heavy atom. The fraction of sp³-hybridized carbons (Fsp3) is 0.588. The first kappa shape index (κ1) is 16.9. The molecule has 1 unspecified atom stereocenters. The van der Waals surface area contributed by atoms with E-state index in [0.29, 0.717) is 6.61 Å². The van der Waals surface area contributed by atoms with Crippen molar-refractivity contribution in [1.82, 2.24) is 34.6 Å². The quantitative estimate of drug-likeness (QED) is 0.758. The highest BCUT2D eigenvalue weighted by Gasteiger charge is 2.24. The molecular weight excluding hydrogens is 332 g/mol. The summed E-state index contributed by atoms with van der Waals surface area (Å²) >= 11 is 0. The molecule has 9 nitrogen and oxygen atoms in total. The number of methoxy groups -OCH3 is 1. The molecule has 0 spiro atoms. The molecular formula is C17H24N8O. The monoisotopic (exact) mass is 356 g/mol. The summed E-state index contributed by atoms with van der Waals surface area (Å²) in [7, 11) is 1.66. The van der Waals surface area contributed by atoms with Crippen molar-refractivity contribution >= 4 is 11.5 Å². The molecule has 26 heavy (non-hydrogen) atoms. The number of fused-ring (bicyclic) bond motifs is 2. The van der Waals surface area contributed by atoms with Gasteiger partial charge >= 0.3 is 0 Å². The summed E-state index contributed by atoms with van der Waals surface area (Å²) in [6.45, 7) is 7.53. The smallest absolute Gasteiger partial charge is 0.178 e. The molecule has 0 aliphatic carbocycles. The molecule has 9 heteroatoms. The van der Waals surface area contributed by atoms with Gasteiger partial charge in [-0.1, -0.05) is 20.8 Å². The van der Waals surface area contributed by atoms with Gasteiger partial charge in [0, 0.05) is 25.0 Å². The van der Waals surface area contributed by atoms with Gasteiger partial charge in [-0.2, -0.15) is 9.61 Å². The van der Waals surface area contributed by atoms with Crippen LogP contribution in [0.25, 0.3) is 5.65 Å². The maximum Gasteiger partial charge on any atom is 0.178 e. The lowest BCUT2D eigenvalue weighted by Gasteiger charge is -2.24. The first-order valence-electron chi connectivity index (χ1n) is 8.85. The molecule has 0 fully saturated rings. The lowest BCUT2D eigenvalue weighted by molar-refractivity contribution is 0.177. The van der Waals surface area contributed by atoms with Gasteiger partial charge in [0.15, 0.2) is 17.3 Å². The molecule has 0 bridgehead atoms. The van der Waals surface area contributed by atoms with Crippen molar-refractivity contribution in [2.45, 2.75) is 58.2 Å². The lowest BCUT2D eigenvalue weighted by atomic mass is 9.96. The predicted molar refractivity (Wildman–Crippen MR) is 95.9 cm³/mol. The Morgan fingerprint density at radius 3 is 2.85 bits per heavy atom. The van der Waals surface area contributed by atoms with E-state index in [0.717, 1.165) is 48.3 Å². The second-order valence-electron chi connectivity index (χ2n) is 7.70. The summed E-state index contributed by atoms with van der Waals surface area (Å²) in [6.07, 6.45) is 1.87. The number of nitrogens with one attached hydrogen (secondary N) is 1. The van der Waals surface area contributed by atoms with Crippen LogP contribution in [-0.4, -0.2) is 47.7 Å². The van der Waals surface area contributed by atoms with Crippen LogP contribution in [0.3, 0.4) is 0 Å². The fourth-order valence-corrected chi connectivity index (χ4v) is 3.21. The predicted octanol–water partition coefficient (Wildman–Crippen LogP) is 1.59. The zero-order chi connectivity index (χ0) is 18.3. The van der Waals surface area contributed by atoms with Crippen LogP contribution in [0.15, 0.2) is 12.1 Å². The van der Waals surface area contributed by atoms with Gasteiger partial charge in [0.05, 0.1) is 6.54 Å².